The molecular weight excluding hydrogens is 472 g/mol. The van der Waals surface area contributed by atoms with Gasteiger partial charge >= 0.3 is 0 Å². The molecule has 5 aromatic rings. The lowest BCUT2D eigenvalue weighted by Crippen LogP contribution is -2.25. The molecule has 4 N–H and O–H groups in total. The van der Waals surface area contributed by atoms with E-state index in [1.165, 1.54) is 0 Å². The summed E-state index contributed by atoms with van der Waals surface area (Å²) in [7, 11) is 0. The van der Waals surface area contributed by atoms with Crippen molar-refractivity contribution in [2.75, 3.05) is 0 Å². The molecule has 6 nitrogen and oxygen atoms in total. The van der Waals surface area contributed by atoms with Crippen LogP contribution in [0.15, 0.2) is 48.5 Å². The maximum absolute atomic E-state index is 10.9. The third-order valence-corrected chi connectivity index (χ3v) is 8.86. The molecule has 0 bridgehead atoms. The Bertz CT molecular complexity index is 1650. The highest BCUT2D eigenvalue weighted by atomic mass is 16.3. The molecule has 0 amide bonds. The Morgan fingerprint density at radius 2 is 1.21 bits per heavy atom. The van der Waals surface area contributed by atoms with Gasteiger partial charge in [-0.3, -0.25) is 0 Å². The first-order chi connectivity index (χ1) is 17.8. The van der Waals surface area contributed by atoms with Crippen LogP contribution in [0.5, 0.6) is 11.5 Å². The minimum Gasteiger partial charge on any atom is -0.508 e. The van der Waals surface area contributed by atoms with Crippen LogP contribution in [-0.4, -0.2) is 30.1 Å². The van der Waals surface area contributed by atoms with Crippen LogP contribution < -0.4 is 0 Å². The number of nitrogens with one attached hydrogen (secondary N) is 2. The molecule has 0 fully saturated rings. The molecule has 0 saturated heterocycles. The minimum atomic E-state index is -0.288. The number of rotatable bonds is 6. The van der Waals surface area contributed by atoms with E-state index in [9.17, 15) is 10.2 Å². The zero-order valence-corrected chi connectivity index (χ0v) is 23.6. The number of fused-ring (bicyclic) bond motifs is 2. The minimum absolute atomic E-state index is 0.0485. The van der Waals surface area contributed by atoms with Crippen molar-refractivity contribution in [2.45, 2.75) is 66.2 Å². The quantitative estimate of drug-likeness (QED) is 0.174. The van der Waals surface area contributed by atoms with Gasteiger partial charge in [-0.2, -0.15) is 0 Å². The summed E-state index contributed by atoms with van der Waals surface area (Å²) >= 11 is 0. The van der Waals surface area contributed by atoms with Crippen molar-refractivity contribution in [2.24, 2.45) is 11.8 Å². The number of nitrogens with zero attached hydrogens (tertiary/aromatic N) is 2. The Morgan fingerprint density at radius 3 is 1.79 bits per heavy atom. The number of H-pyrrole nitrogens is 2. The molecule has 5 rings (SSSR count). The number of phenolic OH excluding ortho intramolecular Hbond substituents is 2. The van der Waals surface area contributed by atoms with Gasteiger partial charge in [0.25, 0.3) is 0 Å². The van der Waals surface area contributed by atoms with Gasteiger partial charge in [-0.15, -0.1) is 0 Å². The molecule has 38 heavy (non-hydrogen) atoms. The Balaban J connectivity index is 1.51. The third kappa shape index (κ3) is 4.22. The van der Waals surface area contributed by atoms with Crippen LogP contribution in [0.2, 0.25) is 0 Å². The fourth-order valence-electron chi connectivity index (χ4n) is 4.68. The predicted octanol–water partition coefficient (Wildman–Crippen LogP) is 8.05. The summed E-state index contributed by atoms with van der Waals surface area (Å²) in [4.78, 5) is 16.4. The summed E-state index contributed by atoms with van der Waals surface area (Å²) in [6, 6.07) is 15.7. The highest BCUT2D eigenvalue weighted by Gasteiger charge is 2.30. The van der Waals surface area contributed by atoms with Crippen molar-refractivity contribution >= 4 is 22.1 Å². The second-order valence-corrected chi connectivity index (χ2v) is 12.3. The van der Waals surface area contributed by atoms with Crippen molar-refractivity contribution in [3.05, 3.63) is 59.9 Å². The van der Waals surface area contributed by atoms with Crippen LogP contribution in [0, 0.1) is 11.8 Å². The van der Waals surface area contributed by atoms with E-state index in [1.54, 1.807) is 12.1 Å². The standard InChI is InChI=1S/C32H38N4O2/c1-17(2)31(5,6)22-16-27(37)21(15-28(22)38)29-33-23-11-9-19(13-25(23)34-29)20-10-12-24-26(14-20)36-30(35-24)32(7,8)18(3)4/h9-18,37-38H,1-8H3,(H,33,34)(H,35,36). The number of aromatic nitrogens is 4. The van der Waals surface area contributed by atoms with Crippen molar-refractivity contribution in [1.29, 1.82) is 0 Å². The summed E-state index contributed by atoms with van der Waals surface area (Å²) in [6.07, 6.45) is 0. The number of benzene rings is 3. The normalized spacial score (nSPS) is 12.9. The third-order valence-electron chi connectivity index (χ3n) is 8.86. The van der Waals surface area contributed by atoms with Gasteiger partial charge in [-0.05, 0) is 64.8 Å². The molecule has 3 aromatic carbocycles. The molecule has 0 aliphatic carbocycles. The first kappa shape index (κ1) is 25.8. The van der Waals surface area contributed by atoms with Crippen LogP contribution in [0.25, 0.3) is 44.6 Å². The fraction of sp³-hybridized carbons (Fsp3) is 0.375. The van der Waals surface area contributed by atoms with Crippen molar-refractivity contribution in [3.63, 3.8) is 0 Å². The lowest BCUT2D eigenvalue weighted by molar-refractivity contribution is 0.349. The topological polar surface area (TPSA) is 97.8 Å². The molecule has 0 aliphatic rings. The van der Waals surface area contributed by atoms with Crippen molar-refractivity contribution in [1.82, 2.24) is 19.9 Å². The summed E-state index contributed by atoms with van der Waals surface area (Å²) in [5.41, 5.74) is 6.61. The lowest BCUT2D eigenvalue weighted by atomic mass is 9.74. The van der Waals surface area contributed by atoms with E-state index < -0.39 is 0 Å². The van der Waals surface area contributed by atoms with Crippen LogP contribution in [0.4, 0.5) is 0 Å². The molecule has 198 valence electrons. The summed E-state index contributed by atoms with van der Waals surface area (Å²) in [5.74, 6) is 2.51. The second-order valence-electron chi connectivity index (χ2n) is 12.3. The molecule has 0 spiro atoms. The van der Waals surface area contributed by atoms with Crippen molar-refractivity contribution in [3.8, 4) is 34.0 Å². The number of hydrogen-bond donors (Lipinski definition) is 4. The molecule has 6 heteroatoms. The van der Waals surface area contributed by atoms with E-state index >= 15 is 0 Å². The summed E-state index contributed by atoms with van der Waals surface area (Å²) in [5, 5.41) is 21.7. The van der Waals surface area contributed by atoms with Crippen LogP contribution >= 0.6 is 0 Å². The molecule has 2 heterocycles. The molecule has 2 aromatic heterocycles. The van der Waals surface area contributed by atoms with Gasteiger partial charge < -0.3 is 20.2 Å². The predicted molar refractivity (Wildman–Crippen MR) is 156 cm³/mol. The largest absolute Gasteiger partial charge is 0.508 e. The Hall–Kier alpha value is -3.80. The van der Waals surface area contributed by atoms with Gasteiger partial charge in [-0.1, -0.05) is 67.5 Å². The maximum Gasteiger partial charge on any atom is 0.142 e. The van der Waals surface area contributed by atoms with Gasteiger partial charge in [0, 0.05) is 11.0 Å². The SMILES string of the molecule is CC(C)C(C)(C)c1nc2ccc(-c3ccc4nc(-c5cc(O)c(C(C)(C)C(C)C)cc5O)[nH]c4c3)cc2[nH]1. The molecule has 0 saturated carbocycles. The van der Waals surface area contributed by atoms with Crippen LogP contribution in [-0.2, 0) is 10.8 Å². The van der Waals surface area contributed by atoms with Crippen LogP contribution in [0.3, 0.4) is 0 Å². The van der Waals surface area contributed by atoms with E-state index in [2.05, 4.69) is 95.7 Å². The maximum atomic E-state index is 10.9. The summed E-state index contributed by atoms with van der Waals surface area (Å²) < 4.78 is 0. The number of hydrogen-bond acceptors (Lipinski definition) is 4. The van der Waals surface area contributed by atoms with Gasteiger partial charge in [0.1, 0.15) is 23.1 Å². The van der Waals surface area contributed by atoms with E-state index in [0.29, 0.717) is 17.3 Å². The Labute approximate surface area is 224 Å². The number of aromatic hydroxyl groups is 2. The lowest BCUT2D eigenvalue weighted by Gasteiger charge is -2.30. The Kier molecular flexibility index (Phi) is 6.05. The highest BCUT2D eigenvalue weighted by Crippen LogP contribution is 2.42. The fourth-order valence-corrected chi connectivity index (χ4v) is 4.68. The van der Waals surface area contributed by atoms with Crippen LogP contribution in [0.1, 0.15) is 66.8 Å². The first-order valence-corrected chi connectivity index (χ1v) is 13.4. The van der Waals surface area contributed by atoms with E-state index in [0.717, 1.165) is 44.6 Å². The monoisotopic (exact) mass is 510 g/mol. The van der Waals surface area contributed by atoms with Gasteiger partial charge in [-0.25, -0.2) is 9.97 Å². The zero-order chi connectivity index (χ0) is 27.6. The first-order valence-electron chi connectivity index (χ1n) is 13.4. The highest BCUT2D eigenvalue weighted by molar-refractivity contribution is 5.88. The van der Waals surface area contributed by atoms with Gasteiger partial charge in [0.15, 0.2) is 0 Å². The van der Waals surface area contributed by atoms with E-state index in [1.807, 2.05) is 6.07 Å². The van der Waals surface area contributed by atoms with Crippen molar-refractivity contribution < 1.29 is 10.2 Å². The van der Waals surface area contributed by atoms with Gasteiger partial charge in [0.05, 0.1) is 27.6 Å². The second kappa shape index (κ2) is 8.90. The van der Waals surface area contributed by atoms with Gasteiger partial charge in [0.2, 0.25) is 0 Å². The molecular formula is C32H38N4O2. The average molecular weight is 511 g/mol. The zero-order valence-electron chi connectivity index (χ0n) is 23.6. The number of imidazole rings is 2. The number of phenols is 2. The van der Waals surface area contributed by atoms with E-state index in [-0.39, 0.29) is 28.2 Å². The molecule has 0 unspecified atom stereocenters. The Morgan fingerprint density at radius 1 is 0.658 bits per heavy atom. The summed E-state index contributed by atoms with van der Waals surface area (Å²) in [6.45, 7) is 17.2. The number of aromatic amines is 2. The van der Waals surface area contributed by atoms with E-state index in [4.69, 9.17) is 9.97 Å². The molecule has 0 aliphatic heterocycles. The average Bonchev–Trinajstić information content (AvgIpc) is 3.48. The molecule has 0 atom stereocenters. The molecule has 0 radical (unpaired) electrons. The smallest absolute Gasteiger partial charge is 0.142 e.